The van der Waals surface area contributed by atoms with Crippen LogP contribution in [-0.4, -0.2) is 43.1 Å². The first-order valence-corrected chi connectivity index (χ1v) is 9.09. The third-order valence-corrected chi connectivity index (χ3v) is 5.28. The number of carbonyl (C=O) groups is 1. The summed E-state index contributed by atoms with van der Waals surface area (Å²) in [5.74, 6) is -0.276. The van der Waals surface area contributed by atoms with Gasteiger partial charge in [-0.3, -0.25) is 4.79 Å². The van der Waals surface area contributed by atoms with Gasteiger partial charge >= 0.3 is 0 Å². The first kappa shape index (κ1) is 15.4. The normalized spacial score (nSPS) is 17.9. The molecule has 2 fully saturated rings. The minimum Gasteiger partial charge on any atom is -0.368 e. The van der Waals surface area contributed by atoms with Gasteiger partial charge in [0, 0.05) is 43.3 Å². The zero-order valence-electron chi connectivity index (χ0n) is 13.2. The fourth-order valence-electron chi connectivity index (χ4n) is 2.81. The van der Waals surface area contributed by atoms with E-state index in [1.165, 1.54) is 23.5 Å². The third kappa shape index (κ3) is 3.36. The van der Waals surface area contributed by atoms with Crippen molar-refractivity contribution in [1.82, 2.24) is 10.3 Å². The Morgan fingerprint density at radius 3 is 2.46 bits per heavy atom. The Bertz CT molecular complexity index is 720. The predicted molar refractivity (Wildman–Crippen MR) is 93.4 cm³/mol. The first-order chi connectivity index (χ1) is 11.7. The second kappa shape index (κ2) is 6.39. The minimum absolute atomic E-state index is 0.0649. The highest BCUT2D eigenvalue weighted by molar-refractivity contribution is 7.13. The topological polar surface area (TPSA) is 48.5 Å². The summed E-state index contributed by atoms with van der Waals surface area (Å²) >= 11 is 1.52. The smallest absolute Gasteiger partial charge is 0.271 e. The Balaban J connectivity index is 1.36. The van der Waals surface area contributed by atoms with Gasteiger partial charge in [0.2, 0.25) is 0 Å². The molecule has 2 aromatic rings. The number of amides is 1. The van der Waals surface area contributed by atoms with E-state index in [-0.39, 0.29) is 11.7 Å². The lowest BCUT2D eigenvalue weighted by Crippen LogP contribution is -2.46. The van der Waals surface area contributed by atoms with E-state index in [4.69, 9.17) is 0 Å². The molecular formula is C17H19FN4OS. The van der Waals surface area contributed by atoms with E-state index >= 15 is 0 Å². The summed E-state index contributed by atoms with van der Waals surface area (Å²) in [6.45, 7) is 3.40. The number of aromatic nitrogens is 1. The van der Waals surface area contributed by atoms with Crippen LogP contribution in [0, 0.1) is 5.82 Å². The van der Waals surface area contributed by atoms with E-state index in [2.05, 4.69) is 20.1 Å². The number of nitrogens with zero attached hydrogens (tertiary/aromatic N) is 3. The maximum Gasteiger partial charge on any atom is 0.271 e. The van der Waals surface area contributed by atoms with Gasteiger partial charge in [-0.25, -0.2) is 9.37 Å². The van der Waals surface area contributed by atoms with Gasteiger partial charge in [0.1, 0.15) is 11.5 Å². The molecule has 2 aliphatic rings. The molecule has 1 aromatic heterocycles. The molecule has 1 aliphatic heterocycles. The number of anilines is 2. The van der Waals surface area contributed by atoms with E-state index in [1.54, 1.807) is 0 Å². The number of nitrogens with one attached hydrogen (secondary N) is 1. The molecule has 1 N–H and O–H groups in total. The van der Waals surface area contributed by atoms with Crippen LogP contribution >= 0.6 is 11.3 Å². The van der Waals surface area contributed by atoms with Crippen LogP contribution in [0.3, 0.4) is 0 Å². The number of rotatable bonds is 4. The Morgan fingerprint density at radius 2 is 1.79 bits per heavy atom. The van der Waals surface area contributed by atoms with Crippen LogP contribution in [0.2, 0.25) is 0 Å². The molecule has 1 saturated carbocycles. The van der Waals surface area contributed by atoms with Crippen LogP contribution in [0.5, 0.6) is 0 Å². The van der Waals surface area contributed by atoms with Crippen LogP contribution in [0.1, 0.15) is 23.3 Å². The van der Waals surface area contributed by atoms with Crippen LogP contribution in [0.25, 0.3) is 0 Å². The summed E-state index contributed by atoms with van der Waals surface area (Å²) in [5, 5.41) is 5.70. The zero-order valence-corrected chi connectivity index (χ0v) is 14.1. The summed E-state index contributed by atoms with van der Waals surface area (Å²) in [7, 11) is 0. The van der Waals surface area contributed by atoms with E-state index in [0.717, 1.165) is 49.8 Å². The Kier molecular flexibility index (Phi) is 4.10. The van der Waals surface area contributed by atoms with E-state index < -0.39 is 0 Å². The van der Waals surface area contributed by atoms with Crippen molar-refractivity contribution >= 4 is 28.1 Å². The summed E-state index contributed by atoms with van der Waals surface area (Å²) in [5.41, 5.74) is 1.56. The van der Waals surface area contributed by atoms with E-state index in [0.29, 0.717) is 11.7 Å². The second-order valence-electron chi connectivity index (χ2n) is 6.21. The number of piperazine rings is 1. The van der Waals surface area contributed by atoms with Crippen LogP contribution in [-0.2, 0) is 0 Å². The summed E-state index contributed by atoms with van der Waals surface area (Å²) < 4.78 is 13.0. The molecular weight excluding hydrogens is 327 g/mol. The maximum atomic E-state index is 13.0. The van der Waals surface area contributed by atoms with Crippen molar-refractivity contribution in [3.05, 3.63) is 41.2 Å². The number of halogens is 1. The van der Waals surface area contributed by atoms with Crippen LogP contribution in [0.4, 0.5) is 15.2 Å². The molecule has 5 nitrogen and oxygen atoms in total. The van der Waals surface area contributed by atoms with Crippen molar-refractivity contribution in [3.8, 4) is 0 Å². The van der Waals surface area contributed by atoms with Crippen molar-refractivity contribution in [2.24, 2.45) is 0 Å². The molecule has 0 unspecified atom stereocenters. The monoisotopic (exact) mass is 346 g/mol. The highest BCUT2D eigenvalue weighted by Gasteiger charge is 2.26. The van der Waals surface area contributed by atoms with Gasteiger partial charge in [0.25, 0.3) is 5.91 Å². The molecule has 1 saturated heterocycles. The Labute approximate surface area is 144 Å². The van der Waals surface area contributed by atoms with Gasteiger partial charge in [-0.1, -0.05) is 0 Å². The number of hydrogen-bond donors (Lipinski definition) is 1. The van der Waals surface area contributed by atoms with Gasteiger partial charge in [-0.15, -0.1) is 11.3 Å². The summed E-state index contributed by atoms with van der Waals surface area (Å²) in [6, 6.07) is 6.96. The fourth-order valence-corrected chi connectivity index (χ4v) is 3.67. The molecule has 0 bridgehead atoms. The lowest BCUT2D eigenvalue weighted by atomic mass is 10.2. The number of carbonyl (C=O) groups excluding carboxylic acids is 1. The molecule has 0 atom stereocenters. The standard InChI is InChI=1S/C17H19FN4OS/c18-12-1-5-14(6-2-12)21-7-9-22(10-8-21)17-20-15(11-24-17)16(23)19-13-3-4-13/h1-2,5-6,11,13H,3-4,7-10H2,(H,19,23). The molecule has 1 aromatic carbocycles. The third-order valence-electron chi connectivity index (χ3n) is 4.38. The molecule has 0 spiro atoms. The van der Waals surface area contributed by atoms with Gasteiger partial charge in [0.15, 0.2) is 5.13 Å². The van der Waals surface area contributed by atoms with Gasteiger partial charge in [-0.2, -0.15) is 0 Å². The predicted octanol–water partition coefficient (Wildman–Crippen LogP) is 2.50. The Hall–Kier alpha value is -2.15. The maximum absolute atomic E-state index is 13.0. The molecule has 24 heavy (non-hydrogen) atoms. The molecule has 4 rings (SSSR count). The number of hydrogen-bond acceptors (Lipinski definition) is 5. The van der Waals surface area contributed by atoms with Crippen LogP contribution in [0.15, 0.2) is 29.6 Å². The summed E-state index contributed by atoms with van der Waals surface area (Å²) in [6.07, 6.45) is 2.15. The second-order valence-corrected chi connectivity index (χ2v) is 7.05. The van der Waals surface area contributed by atoms with Crippen molar-refractivity contribution in [2.45, 2.75) is 18.9 Å². The highest BCUT2D eigenvalue weighted by atomic mass is 32.1. The van der Waals surface area contributed by atoms with Gasteiger partial charge in [0.05, 0.1) is 0 Å². The Morgan fingerprint density at radius 1 is 1.12 bits per heavy atom. The fraction of sp³-hybridized carbons (Fsp3) is 0.412. The molecule has 2 heterocycles. The molecule has 7 heteroatoms. The average molecular weight is 346 g/mol. The zero-order chi connectivity index (χ0) is 16.5. The van der Waals surface area contributed by atoms with E-state index in [9.17, 15) is 9.18 Å². The SMILES string of the molecule is O=C(NC1CC1)c1csc(N2CCN(c3ccc(F)cc3)CC2)n1. The lowest BCUT2D eigenvalue weighted by molar-refractivity contribution is 0.0947. The van der Waals surface area contributed by atoms with Gasteiger partial charge < -0.3 is 15.1 Å². The van der Waals surface area contributed by atoms with Crippen molar-refractivity contribution in [2.75, 3.05) is 36.0 Å². The minimum atomic E-state index is -0.211. The molecule has 126 valence electrons. The molecule has 0 radical (unpaired) electrons. The van der Waals surface area contributed by atoms with E-state index in [1.807, 2.05) is 17.5 Å². The number of benzene rings is 1. The van der Waals surface area contributed by atoms with Gasteiger partial charge in [-0.05, 0) is 37.1 Å². The van der Waals surface area contributed by atoms with Crippen molar-refractivity contribution < 1.29 is 9.18 Å². The quantitative estimate of drug-likeness (QED) is 0.924. The highest BCUT2D eigenvalue weighted by Crippen LogP contribution is 2.25. The van der Waals surface area contributed by atoms with Crippen molar-refractivity contribution in [3.63, 3.8) is 0 Å². The molecule has 1 aliphatic carbocycles. The first-order valence-electron chi connectivity index (χ1n) is 8.21. The molecule has 1 amide bonds. The lowest BCUT2D eigenvalue weighted by Gasteiger charge is -2.36. The van der Waals surface area contributed by atoms with Crippen LogP contribution < -0.4 is 15.1 Å². The average Bonchev–Trinajstić information content (AvgIpc) is 3.27. The van der Waals surface area contributed by atoms with Crippen molar-refractivity contribution in [1.29, 1.82) is 0 Å². The summed E-state index contributed by atoms with van der Waals surface area (Å²) in [4.78, 5) is 21.0. The largest absolute Gasteiger partial charge is 0.368 e. The number of thiazole rings is 1.